The summed E-state index contributed by atoms with van der Waals surface area (Å²) in [6, 6.07) is 7.61. The Labute approximate surface area is 131 Å². The number of rotatable bonds is 6. The third kappa shape index (κ3) is 4.18. The van der Waals surface area contributed by atoms with Crippen molar-refractivity contribution in [3.05, 3.63) is 41.5 Å². The molecule has 2 N–H and O–H groups in total. The number of nitrogens with two attached hydrogens (primary N) is 1. The van der Waals surface area contributed by atoms with E-state index >= 15 is 0 Å². The van der Waals surface area contributed by atoms with E-state index in [0.717, 1.165) is 11.1 Å². The Morgan fingerprint density at radius 2 is 1.82 bits per heavy atom. The highest BCUT2D eigenvalue weighted by Gasteiger charge is 2.32. The van der Waals surface area contributed by atoms with E-state index in [1.165, 1.54) is 12.2 Å². The first kappa shape index (κ1) is 17.9. The molecule has 1 aromatic rings. The maximum Gasteiger partial charge on any atom is 0.255 e. The van der Waals surface area contributed by atoms with Gasteiger partial charge in [0.2, 0.25) is 5.91 Å². The van der Waals surface area contributed by atoms with Crippen LogP contribution in [-0.2, 0) is 19.8 Å². The van der Waals surface area contributed by atoms with Crippen LogP contribution in [0, 0.1) is 5.92 Å². The molecule has 0 spiro atoms. The lowest BCUT2D eigenvalue weighted by molar-refractivity contribution is -0.174. The summed E-state index contributed by atoms with van der Waals surface area (Å²) in [5, 5.41) is 1.22. The van der Waals surface area contributed by atoms with Crippen LogP contribution < -0.4 is 5.73 Å². The minimum absolute atomic E-state index is 0.124. The molecule has 1 atom stereocenters. The predicted molar refractivity (Wildman–Crippen MR) is 86.6 cm³/mol. The molecule has 0 fully saturated rings. The van der Waals surface area contributed by atoms with E-state index in [0.29, 0.717) is 0 Å². The van der Waals surface area contributed by atoms with Gasteiger partial charge in [0.15, 0.2) is 0 Å². The van der Waals surface area contributed by atoms with Crippen LogP contribution in [0.5, 0.6) is 0 Å². The number of likely N-dealkylation sites (N-methyl/N-ethyl adjacent to an activating group) is 1. The lowest BCUT2D eigenvalue weighted by Gasteiger charge is -2.28. The van der Waals surface area contributed by atoms with Crippen LogP contribution >= 0.6 is 0 Å². The van der Waals surface area contributed by atoms with Crippen LogP contribution in [0.4, 0.5) is 0 Å². The predicted octanol–water partition coefficient (Wildman–Crippen LogP) is 2.12. The maximum atomic E-state index is 12.3. The smallest absolute Gasteiger partial charge is 0.255 e. The Bertz CT molecular complexity index is 562. The molecule has 120 valence electrons. The molecule has 0 heterocycles. The number of carbonyl (C=O) groups excluding carboxylic acids is 2. The summed E-state index contributed by atoms with van der Waals surface area (Å²) in [6.45, 7) is 5.45. The van der Waals surface area contributed by atoms with Crippen molar-refractivity contribution in [3.8, 4) is 0 Å². The number of nitrogens with zero attached hydrogens (tertiary/aromatic N) is 1. The number of primary amides is 1. The number of hydrogen-bond acceptors (Lipinski definition) is 3. The summed E-state index contributed by atoms with van der Waals surface area (Å²) >= 11 is 0. The van der Waals surface area contributed by atoms with Crippen molar-refractivity contribution < 1.29 is 14.4 Å². The summed E-state index contributed by atoms with van der Waals surface area (Å²) < 4.78 is 0. The van der Waals surface area contributed by atoms with E-state index in [1.807, 2.05) is 44.2 Å². The number of amides is 2. The van der Waals surface area contributed by atoms with Crippen LogP contribution in [0.25, 0.3) is 6.08 Å². The Morgan fingerprint density at radius 1 is 1.27 bits per heavy atom. The molecular weight excluding hydrogens is 280 g/mol. The van der Waals surface area contributed by atoms with Crippen molar-refractivity contribution in [1.29, 1.82) is 0 Å². The Hall–Kier alpha value is -2.14. The molecule has 0 bridgehead atoms. The van der Waals surface area contributed by atoms with Gasteiger partial charge >= 0.3 is 0 Å². The minimum Gasteiger partial charge on any atom is -0.369 e. The number of hydroxylamine groups is 2. The van der Waals surface area contributed by atoms with Crippen LogP contribution in [-0.4, -0.2) is 31.0 Å². The average molecular weight is 304 g/mol. The van der Waals surface area contributed by atoms with Crippen LogP contribution in [0.1, 0.15) is 31.9 Å². The molecule has 1 rings (SSSR count). The second-order valence-electron chi connectivity index (χ2n) is 5.78. The van der Waals surface area contributed by atoms with Gasteiger partial charge in [-0.1, -0.05) is 43.3 Å². The summed E-state index contributed by atoms with van der Waals surface area (Å²) in [5.74, 6) is -0.795. The largest absolute Gasteiger partial charge is 0.369 e. The molecule has 2 amide bonds. The first-order valence-corrected chi connectivity index (χ1v) is 7.10. The van der Waals surface area contributed by atoms with Gasteiger partial charge in [-0.2, -0.15) is 0 Å². The van der Waals surface area contributed by atoms with E-state index in [2.05, 4.69) is 0 Å². The van der Waals surface area contributed by atoms with Crippen LogP contribution in [0.3, 0.4) is 0 Å². The molecule has 1 unspecified atom stereocenters. The SMILES string of the molecule is CON(C)C(=O)C(C)(C)c1ccc(C=CC(C)C(N)=O)cc1. The molecule has 0 aliphatic heterocycles. The fraction of sp³-hybridized carbons (Fsp3) is 0.412. The van der Waals surface area contributed by atoms with Crippen molar-refractivity contribution in [2.45, 2.75) is 26.2 Å². The van der Waals surface area contributed by atoms with Crippen molar-refractivity contribution in [2.75, 3.05) is 14.2 Å². The summed E-state index contributed by atoms with van der Waals surface area (Å²) in [7, 11) is 3.05. The zero-order chi connectivity index (χ0) is 16.9. The topological polar surface area (TPSA) is 72.6 Å². The summed E-state index contributed by atoms with van der Waals surface area (Å²) in [6.07, 6.45) is 3.60. The molecule has 0 saturated carbocycles. The zero-order valence-electron chi connectivity index (χ0n) is 13.8. The number of benzene rings is 1. The van der Waals surface area contributed by atoms with E-state index in [9.17, 15) is 9.59 Å². The Kier molecular flexibility index (Phi) is 5.88. The van der Waals surface area contributed by atoms with Crippen molar-refractivity contribution in [1.82, 2.24) is 5.06 Å². The number of carbonyl (C=O) groups is 2. The van der Waals surface area contributed by atoms with Crippen molar-refractivity contribution in [3.63, 3.8) is 0 Å². The van der Waals surface area contributed by atoms with E-state index in [1.54, 1.807) is 20.0 Å². The zero-order valence-corrected chi connectivity index (χ0v) is 13.8. The minimum atomic E-state index is -0.687. The van der Waals surface area contributed by atoms with Gasteiger partial charge in [0.25, 0.3) is 5.91 Å². The van der Waals surface area contributed by atoms with Gasteiger partial charge in [-0.3, -0.25) is 14.4 Å². The van der Waals surface area contributed by atoms with Crippen LogP contribution in [0.15, 0.2) is 30.3 Å². The molecule has 1 aromatic carbocycles. The highest BCUT2D eigenvalue weighted by atomic mass is 16.7. The lowest BCUT2D eigenvalue weighted by Crippen LogP contribution is -2.40. The third-order valence-corrected chi connectivity index (χ3v) is 3.75. The highest BCUT2D eigenvalue weighted by Crippen LogP contribution is 2.26. The average Bonchev–Trinajstić information content (AvgIpc) is 2.51. The third-order valence-electron chi connectivity index (χ3n) is 3.75. The molecule has 22 heavy (non-hydrogen) atoms. The van der Waals surface area contributed by atoms with Gasteiger partial charge in [-0.25, -0.2) is 5.06 Å². The second kappa shape index (κ2) is 7.22. The molecular formula is C17H24N2O3. The maximum absolute atomic E-state index is 12.3. The molecule has 0 radical (unpaired) electrons. The normalized spacial score (nSPS) is 13.1. The highest BCUT2D eigenvalue weighted by molar-refractivity contribution is 5.86. The van der Waals surface area contributed by atoms with Gasteiger partial charge in [0.05, 0.1) is 18.4 Å². The van der Waals surface area contributed by atoms with E-state index in [-0.39, 0.29) is 17.7 Å². The standard InChI is InChI=1S/C17H24N2O3/c1-12(15(18)20)6-7-13-8-10-14(11-9-13)17(2,3)16(21)19(4)22-5/h6-12H,1-5H3,(H2,18,20). The second-order valence-corrected chi connectivity index (χ2v) is 5.78. The lowest BCUT2D eigenvalue weighted by atomic mass is 9.83. The summed E-state index contributed by atoms with van der Waals surface area (Å²) in [4.78, 5) is 28.3. The van der Waals surface area contributed by atoms with Gasteiger partial charge < -0.3 is 5.73 Å². The Morgan fingerprint density at radius 3 is 2.27 bits per heavy atom. The van der Waals surface area contributed by atoms with Gasteiger partial charge in [-0.05, 0) is 25.0 Å². The summed E-state index contributed by atoms with van der Waals surface area (Å²) in [5.41, 5.74) is 6.36. The van der Waals surface area contributed by atoms with E-state index < -0.39 is 5.41 Å². The first-order valence-electron chi connectivity index (χ1n) is 7.10. The molecule has 0 aliphatic carbocycles. The monoisotopic (exact) mass is 304 g/mol. The molecule has 0 saturated heterocycles. The van der Waals surface area contributed by atoms with Gasteiger partial charge in [0.1, 0.15) is 0 Å². The van der Waals surface area contributed by atoms with Gasteiger partial charge in [0, 0.05) is 7.05 Å². The molecule has 5 nitrogen and oxygen atoms in total. The van der Waals surface area contributed by atoms with Crippen molar-refractivity contribution in [2.24, 2.45) is 11.7 Å². The van der Waals surface area contributed by atoms with E-state index in [4.69, 9.17) is 10.6 Å². The fourth-order valence-corrected chi connectivity index (χ4v) is 1.96. The molecule has 0 aromatic heterocycles. The number of hydrogen-bond donors (Lipinski definition) is 1. The molecule has 0 aliphatic rings. The quantitative estimate of drug-likeness (QED) is 0.818. The first-order chi connectivity index (χ1) is 10.2. The Balaban J connectivity index is 2.93. The van der Waals surface area contributed by atoms with Gasteiger partial charge in [-0.15, -0.1) is 0 Å². The van der Waals surface area contributed by atoms with Crippen LogP contribution in [0.2, 0.25) is 0 Å². The van der Waals surface area contributed by atoms with Crippen molar-refractivity contribution >= 4 is 17.9 Å². The fourth-order valence-electron chi connectivity index (χ4n) is 1.96. The molecule has 5 heteroatoms.